The predicted molar refractivity (Wildman–Crippen MR) is 77.5 cm³/mol. The van der Waals surface area contributed by atoms with Gasteiger partial charge in [0.2, 0.25) is 0 Å². The van der Waals surface area contributed by atoms with Crippen molar-refractivity contribution in [1.82, 2.24) is 9.78 Å². The predicted octanol–water partition coefficient (Wildman–Crippen LogP) is 3.15. The van der Waals surface area contributed by atoms with E-state index in [2.05, 4.69) is 5.10 Å². The minimum atomic E-state index is 0.0608. The van der Waals surface area contributed by atoms with Crippen LogP contribution in [0.4, 0.5) is 5.82 Å². The zero-order valence-corrected chi connectivity index (χ0v) is 12.1. The Labute approximate surface area is 122 Å². The molecule has 0 bridgehead atoms. The first-order valence-corrected chi connectivity index (χ1v) is 6.56. The molecule has 0 radical (unpaired) electrons. The lowest BCUT2D eigenvalue weighted by Gasteiger charge is -2.06. The number of benzene rings is 1. The van der Waals surface area contributed by atoms with E-state index in [-0.39, 0.29) is 24.1 Å². The molecule has 0 fully saturated rings. The Hall–Kier alpha value is -2.19. The molecule has 2 N–H and O–H groups in total. The Morgan fingerprint density at radius 2 is 2.25 bits per heavy atom. The fraction of sp³-hybridized carbons (Fsp3) is 0.286. The van der Waals surface area contributed by atoms with Crippen LogP contribution < -0.4 is 10.5 Å². The smallest absolute Gasteiger partial charge is 0.253 e. The fourth-order valence-electron chi connectivity index (χ4n) is 1.80. The van der Waals surface area contributed by atoms with Gasteiger partial charge in [-0.2, -0.15) is 5.26 Å². The van der Waals surface area contributed by atoms with Crippen molar-refractivity contribution in [3.63, 3.8) is 0 Å². The van der Waals surface area contributed by atoms with Crippen molar-refractivity contribution in [3.8, 4) is 11.9 Å². The molecule has 0 amide bonds. The highest BCUT2D eigenvalue weighted by Crippen LogP contribution is 2.26. The maximum Gasteiger partial charge on any atom is 0.253 e. The van der Waals surface area contributed by atoms with Crippen LogP contribution in [-0.2, 0) is 6.61 Å². The lowest BCUT2D eigenvalue weighted by atomic mass is 10.2. The van der Waals surface area contributed by atoms with Crippen LogP contribution in [0.1, 0.15) is 31.0 Å². The van der Waals surface area contributed by atoms with Gasteiger partial charge in [-0.3, -0.25) is 0 Å². The van der Waals surface area contributed by atoms with Crippen LogP contribution in [0.3, 0.4) is 0 Å². The Bertz CT molecular complexity index is 658. The van der Waals surface area contributed by atoms with Crippen LogP contribution in [0.2, 0.25) is 5.02 Å². The highest BCUT2D eigenvalue weighted by Gasteiger charge is 2.18. The highest BCUT2D eigenvalue weighted by molar-refractivity contribution is 6.30. The van der Waals surface area contributed by atoms with E-state index >= 15 is 0 Å². The zero-order chi connectivity index (χ0) is 14.7. The SMILES string of the molecule is CC(C)n1nc(OCc2cccc(Cl)c2)c(C#N)c1N. The molecular formula is C14H15ClN4O. The summed E-state index contributed by atoms with van der Waals surface area (Å²) in [6.45, 7) is 4.15. The Balaban J connectivity index is 2.22. The molecular weight excluding hydrogens is 276 g/mol. The van der Waals surface area contributed by atoms with E-state index in [0.29, 0.717) is 10.8 Å². The average Bonchev–Trinajstić information content (AvgIpc) is 2.73. The third kappa shape index (κ3) is 2.86. The minimum Gasteiger partial charge on any atom is -0.471 e. The maximum absolute atomic E-state index is 9.15. The summed E-state index contributed by atoms with van der Waals surface area (Å²) in [6.07, 6.45) is 0. The van der Waals surface area contributed by atoms with Gasteiger partial charge in [0, 0.05) is 11.1 Å². The van der Waals surface area contributed by atoms with Gasteiger partial charge in [0.05, 0.1) is 0 Å². The Kier molecular flexibility index (Phi) is 4.16. The molecule has 1 heterocycles. The minimum absolute atomic E-state index is 0.0608. The molecule has 0 aliphatic carbocycles. The number of nitrogen functional groups attached to an aromatic ring is 1. The molecule has 0 saturated heterocycles. The van der Waals surface area contributed by atoms with Crippen molar-refractivity contribution in [2.45, 2.75) is 26.5 Å². The van der Waals surface area contributed by atoms with Gasteiger partial charge in [-0.15, -0.1) is 5.10 Å². The largest absolute Gasteiger partial charge is 0.471 e. The number of hydrogen-bond acceptors (Lipinski definition) is 4. The van der Waals surface area contributed by atoms with Crippen molar-refractivity contribution in [3.05, 3.63) is 40.4 Å². The highest BCUT2D eigenvalue weighted by atomic mass is 35.5. The first-order chi connectivity index (χ1) is 9.52. The van der Waals surface area contributed by atoms with Crippen molar-refractivity contribution >= 4 is 17.4 Å². The number of halogens is 1. The monoisotopic (exact) mass is 290 g/mol. The van der Waals surface area contributed by atoms with E-state index in [4.69, 9.17) is 27.3 Å². The van der Waals surface area contributed by atoms with Gasteiger partial charge < -0.3 is 10.5 Å². The Morgan fingerprint density at radius 1 is 1.50 bits per heavy atom. The topological polar surface area (TPSA) is 76.9 Å². The van der Waals surface area contributed by atoms with Crippen LogP contribution >= 0.6 is 11.6 Å². The standard InChI is InChI=1S/C14H15ClN4O/c1-9(2)19-13(17)12(7-16)14(18-19)20-8-10-4-3-5-11(15)6-10/h3-6,9H,8,17H2,1-2H3. The molecule has 1 aromatic heterocycles. The van der Waals surface area contributed by atoms with Gasteiger partial charge in [0.25, 0.3) is 5.88 Å². The molecule has 20 heavy (non-hydrogen) atoms. The van der Waals surface area contributed by atoms with Gasteiger partial charge in [0.1, 0.15) is 18.5 Å². The second-order valence-corrected chi connectivity index (χ2v) is 5.07. The van der Waals surface area contributed by atoms with E-state index in [9.17, 15) is 0 Å². The molecule has 0 aliphatic rings. The number of hydrogen-bond donors (Lipinski definition) is 1. The van der Waals surface area contributed by atoms with Crippen molar-refractivity contribution in [2.24, 2.45) is 0 Å². The summed E-state index contributed by atoms with van der Waals surface area (Å²) < 4.78 is 7.16. The number of aromatic nitrogens is 2. The van der Waals surface area contributed by atoms with Crippen molar-refractivity contribution < 1.29 is 4.74 Å². The summed E-state index contributed by atoms with van der Waals surface area (Å²) in [5.41, 5.74) is 7.05. The molecule has 6 heteroatoms. The number of nitrogens with two attached hydrogens (primary N) is 1. The maximum atomic E-state index is 9.15. The van der Waals surface area contributed by atoms with Crippen LogP contribution in [0, 0.1) is 11.3 Å². The zero-order valence-electron chi connectivity index (χ0n) is 11.3. The number of nitrogens with zero attached hydrogens (tertiary/aromatic N) is 3. The van der Waals surface area contributed by atoms with E-state index < -0.39 is 0 Å². The molecule has 0 unspecified atom stereocenters. The molecule has 0 aliphatic heterocycles. The molecule has 104 valence electrons. The van der Waals surface area contributed by atoms with Crippen molar-refractivity contribution in [2.75, 3.05) is 5.73 Å². The normalized spacial score (nSPS) is 10.6. The van der Waals surface area contributed by atoms with E-state index in [1.807, 2.05) is 32.0 Å². The van der Waals surface area contributed by atoms with Crippen LogP contribution in [0.25, 0.3) is 0 Å². The van der Waals surface area contributed by atoms with Gasteiger partial charge in [-0.05, 0) is 31.5 Å². The van der Waals surface area contributed by atoms with Crippen LogP contribution in [-0.4, -0.2) is 9.78 Å². The lowest BCUT2D eigenvalue weighted by molar-refractivity contribution is 0.287. The number of ether oxygens (including phenoxy) is 1. The number of nitriles is 1. The molecule has 0 spiro atoms. The number of anilines is 1. The second-order valence-electron chi connectivity index (χ2n) is 4.63. The summed E-state index contributed by atoms with van der Waals surface area (Å²) in [7, 11) is 0. The molecule has 2 aromatic rings. The third-order valence-corrected chi connectivity index (χ3v) is 3.02. The molecule has 0 saturated carbocycles. The van der Waals surface area contributed by atoms with Crippen LogP contribution in [0.15, 0.2) is 24.3 Å². The molecule has 1 aromatic carbocycles. The summed E-state index contributed by atoms with van der Waals surface area (Å²) in [4.78, 5) is 0. The Morgan fingerprint density at radius 3 is 2.85 bits per heavy atom. The van der Waals surface area contributed by atoms with E-state index in [1.54, 1.807) is 16.8 Å². The first-order valence-electron chi connectivity index (χ1n) is 6.18. The second kappa shape index (κ2) is 5.85. The fourth-order valence-corrected chi connectivity index (χ4v) is 2.02. The average molecular weight is 291 g/mol. The number of rotatable bonds is 4. The summed E-state index contributed by atoms with van der Waals surface area (Å²) >= 11 is 5.91. The van der Waals surface area contributed by atoms with Crippen molar-refractivity contribution in [1.29, 1.82) is 5.26 Å². The summed E-state index contributed by atoms with van der Waals surface area (Å²) in [5, 5.41) is 14.0. The quantitative estimate of drug-likeness (QED) is 0.938. The first kappa shape index (κ1) is 14.2. The van der Waals surface area contributed by atoms with E-state index in [0.717, 1.165) is 5.56 Å². The van der Waals surface area contributed by atoms with Gasteiger partial charge in [-0.1, -0.05) is 23.7 Å². The summed E-state index contributed by atoms with van der Waals surface area (Å²) in [6, 6.07) is 9.41. The summed E-state index contributed by atoms with van der Waals surface area (Å²) in [5.74, 6) is 0.572. The lowest BCUT2D eigenvalue weighted by Crippen LogP contribution is -2.07. The molecule has 5 nitrogen and oxygen atoms in total. The van der Waals surface area contributed by atoms with Gasteiger partial charge in [-0.25, -0.2) is 4.68 Å². The molecule has 0 atom stereocenters. The molecule has 2 rings (SSSR count). The van der Waals surface area contributed by atoms with Gasteiger partial charge >= 0.3 is 0 Å². The third-order valence-electron chi connectivity index (χ3n) is 2.78. The van der Waals surface area contributed by atoms with E-state index in [1.165, 1.54) is 0 Å². The van der Waals surface area contributed by atoms with Crippen LogP contribution in [0.5, 0.6) is 5.88 Å². The van der Waals surface area contributed by atoms with Gasteiger partial charge in [0.15, 0.2) is 5.56 Å².